The molecule has 0 unspecified atom stereocenters. The number of allylic oxidation sites excluding steroid dienone is 1. The van der Waals surface area contributed by atoms with Crippen LogP contribution in [-0.4, -0.2) is 31.8 Å². The van der Waals surface area contributed by atoms with Gasteiger partial charge in [0.25, 0.3) is 0 Å². The van der Waals surface area contributed by atoms with Crippen LogP contribution in [0.4, 0.5) is 4.79 Å². The largest absolute Gasteiger partial charge is 0.494 e. The van der Waals surface area contributed by atoms with Gasteiger partial charge in [0.1, 0.15) is 24.7 Å². The molecule has 29 heavy (non-hydrogen) atoms. The fourth-order valence-corrected chi connectivity index (χ4v) is 3.09. The zero-order valence-electron chi connectivity index (χ0n) is 16.4. The number of carbonyl (C=O) groups is 2. The lowest BCUT2D eigenvalue weighted by atomic mass is 9.95. The second-order valence-corrected chi connectivity index (χ2v) is 6.34. The quantitative estimate of drug-likeness (QED) is 0.528. The molecule has 7 nitrogen and oxygen atoms in total. The summed E-state index contributed by atoms with van der Waals surface area (Å²) in [5.74, 6) is 0.782. The molecular weight excluding hydrogens is 372 g/mol. The summed E-state index contributed by atoms with van der Waals surface area (Å²) >= 11 is 0. The Morgan fingerprint density at radius 3 is 2.48 bits per heavy atom. The molecule has 1 aliphatic rings. The van der Waals surface area contributed by atoms with Crippen molar-refractivity contribution in [2.75, 3.05) is 19.8 Å². The molecule has 0 saturated heterocycles. The number of hydrogen-bond donors (Lipinski definition) is 2. The van der Waals surface area contributed by atoms with Crippen LogP contribution in [0.15, 0.2) is 65.9 Å². The van der Waals surface area contributed by atoms with Crippen LogP contribution in [0.3, 0.4) is 0 Å². The molecule has 0 radical (unpaired) electrons. The number of hydrogen-bond acceptors (Lipinski definition) is 5. The summed E-state index contributed by atoms with van der Waals surface area (Å²) in [6.45, 7) is 4.32. The Bertz CT molecular complexity index is 895. The van der Waals surface area contributed by atoms with Gasteiger partial charge in [0.05, 0.1) is 18.2 Å². The topological polar surface area (TPSA) is 85.9 Å². The molecule has 0 bridgehead atoms. The monoisotopic (exact) mass is 396 g/mol. The van der Waals surface area contributed by atoms with E-state index in [-0.39, 0.29) is 19.2 Å². The van der Waals surface area contributed by atoms with E-state index in [9.17, 15) is 9.59 Å². The maximum Gasteiger partial charge on any atom is 0.338 e. The Morgan fingerprint density at radius 2 is 1.72 bits per heavy atom. The summed E-state index contributed by atoms with van der Waals surface area (Å²) in [6, 6.07) is 15.5. The first-order valence-corrected chi connectivity index (χ1v) is 9.45. The smallest absolute Gasteiger partial charge is 0.338 e. The van der Waals surface area contributed by atoms with E-state index in [1.165, 1.54) is 0 Å². The van der Waals surface area contributed by atoms with Gasteiger partial charge in [0, 0.05) is 11.3 Å². The van der Waals surface area contributed by atoms with Gasteiger partial charge in [0.15, 0.2) is 0 Å². The molecule has 0 fully saturated rings. The van der Waals surface area contributed by atoms with Gasteiger partial charge in [0.2, 0.25) is 0 Å². The lowest BCUT2D eigenvalue weighted by Gasteiger charge is -2.29. The lowest BCUT2D eigenvalue weighted by Crippen LogP contribution is -2.45. The number of urea groups is 1. The second kappa shape index (κ2) is 9.64. The first kappa shape index (κ1) is 20.3. The van der Waals surface area contributed by atoms with Crippen molar-refractivity contribution in [3.8, 4) is 11.5 Å². The van der Waals surface area contributed by atoms with Gasteiger partial charge in [-0.1, -0.05) is 36.4 Å². The highest BCUT2D eigenvalue weighted by Gasteiger charge is 2.33. The number of amides is 2. The highest BCUT2D eigenvalue weighted by Crippen LogP contribution is 2.33. The first-order valence-electron chi connectivity index (χ1n) is 9.45. The molecule has 1 atom stereocenters. The Kier molecular flexibility index (Phi) is 6.73. The maximum atomic E-state index is 12.8. The van der Waals surface area contributed by atoms with Crippen molar-refractivity contribution in [3.05, 3.63) is 71.4 Å². The first-order chi connectivity index (χ1) is 14.1. The van der Waals surface area contributed by atoms with Crippen LogP contribution in [0.1, 0.15) is 25.5 Å². The van der Waals surface area contributed by atoms with Crippen molar-refractivity contribution < 1.29 is 23.8 Å². The summed E-state index contributed by atoms with van der Waals surface area (Å²) in [6.07, 6.45) is 0. The van der Waals surface area contributed by atoms with E-state index in [2.05, 4.69) is 10.6 Å². The molecule has 3 rings (SSSR count). The number of carbonyl (C=O) groups excluding carboxylic acids is 2. The molecule has 0 spiro atoms. The molecule has 0 aliphatic carbocycles. The number of esters is 1. The van der Waals surface area contributed by atoms with Crippen LogP contribution in [0.2, 0.25) is 0 Å². The van der Waals surface area contributed by atoms with Gasteiger partial charge in [-0.2, -0.15) is 0 Å². The molecule has 2 aromatic rings. The van der Waals surface area contributed by atoms with Crippen molar-refractivity contribution in [2.45, 2.75) is 19.9 Å². The predicted octanol–water partition coefficient (Wildman–Crippen LogP) is 3.34. The zero-order valence-corrected chi connectivity index (χ0v) is 16.4. The molecule has 1 aliphatic heterocycles. The van der Waals surface area contributed by atoms with Crippen molar-refractivity contribution in [1.29, 1.82) is 0 Å². The minimum absolute atomic E-state index is 0.0816. The highest BCUT2D eigenvalue weighted by molar-refractivity contribution is 5.95. The van der Waals surface area contributed by atoms with Gasteiger partial charge < -0.3 is 24.8 Å². The lowest BCUT2D eigenvalue weighted by molar-refractivity contribution is -0.140. The van der Waals surface area contributed by atoms with Gasteiger partial charge in [-0.15, -0.1) is 0 Å². The molecule has 2 aromatic carbocycles. The molecule has 0 saturated carbocycles. The number of nitrogens with one attached hydrogen (secondary N) is 2. The van der Waals surface area contributed by atoms with Crippen LogP contribution >= 0.6 is 0 Å². The maximum absolute atomic E-state index is 12.8. The molecular formula is C22H24N2O5. The average molecular weight is 396 g/mol. The zero-order chi connectivity index (χ0) is 20.6. The summed E-state index contributed by atoms with van der Waals surface area (Å²) in [5.41, 5.74) is 1.46. The van der Waals surface area contributed by atoms with Gasteiger partial charge >= 0.3 is 12.0 Å². The van der Waals surface area contributed by atoms with Gasteiger partial charge in [-0.25, -0.2) is 9.59 Å². The summed E-state index contributed by atoms with van der Waals surface area (Å²) in [7, 11) is 0. The summed E-state index contributed by atoms with van der Waals surface area (Å²) in [5, 5.41) is 5.42. The minimum atomic E-state index is -0.672. The van der Waals surface area contributed by atoms with Crippen LogP contribution in [0, 0.1) is 0 Å². The Labute approximate surface area is 169 Å². The van der Waals surface area contributed by atoms with Crippen LogP contribution in [0.5, 0.6) is 11.5 Å². The Morgan fingerprint density at radius 1 is 1.00 bits per heavy atom. The second-order valence-electron chi connectivity index (χ2n) is 6.34. The third-order valence-electron chi connectivity index (χ3n) is 4.35. The standard InChI is InChI=1S/C22H24N2O5/c1-3-27-18-12-8-7-11-17(18)20-19(15(2)23-22(26)24-20)21(25)29-14-13-28-16-9-5-4-6-10-16/h4-12,20H,3,13-14H2,1-2H3,(H2,23,24,26)/t20-/m1/s1. The third kappa shape index (κ3) is 5.07. The van der Waals surface area contributed by atoms with E-state index in [4.69, 9.17) is 14.2 Å². The van der Waals surface area contributed by atoms with E-state index in [0.717, 1.165) is 0 Å². The molecule has 2 N–H and O–H groups in total. The number of para-hydroxylation sites is 2. The minimum Gasteiger partial charge on any atom is -0.494 e. The molecule has 152 valence electrons. The Balaban J connectivity index is 1.73. The van der Waals surface area contributed by atoms with E-state index < -0.39 is 12.0 Å². The van der Waals surface area contributed by atoms with Crippen molar-refractivity contribution in [1.82, 2.24) is 10.6 Å². The van der Waals surface area contributed by atoms with E-state index in [1.807, 2.05) is 55.5 Å². The van der Waals surface area contributed by atoms with Crippen LogP contribution in [-0.2, 0) is 9.53 Å². The normalized spacial score (nSPS) is 15.9. The molecule has 7 heteroatoms. The van der Waals surface area contributed by atoms with E-state index in [1.54, 1.807) is 13.0 Å². The van der Waals surface area contributed by atoms with Crippen molar-refractivity contribution >= 4 is 12.0 Å². The number of ether oxygens (including phenoxy) is 3. The molecule has 2 amide bonds. The summed E-state index contributed by atoms with van der Waals surface area (Å²) < 4.78 is 16.6. The predicted molar refractivity (Wildman–Crippen MR) is 108 cm³/mol. The van der Waals surface area contributed by atoms with Crippen LogP contribution < -0.4 is 20.1 Å². The molecule has 1 heterocycles. The van der Waals surface area contributed by atoms with Crippen LogP contribution in [0.25, 0.3) is 0 Å². The van der Waals surface area contributed by atoms with E-state index >= 15 is 0 Å². The number of rotatable bonds is 8. The summed E-state index contributed by atoms with van der Waals surface area (Å²) in [4.78, 5) is 24.9. The van der Waals surface area contributed by atoms with E-state index in [0.29, 0.717) is 34.9 Å². The fraction of sp³-hybridized carbons (Fsp3) is 0.273. The van der Waals surface area contributed by atoms with Gasteiger partial charge in [-0.05, 0) is 32.0 Å². The van der Waals surface area contributed by atoms with Crippen molar-refractivity contribution in [3.63, 3.8) is 0 Å². The highest BCUT2D eigenvalue weighted by atomic mass is 16.6. The molecule has 0 aromatic heterocycles. The van der Waals surface area contributed by atoms with Crippen molar-refractivity contribution in [2.24, 2.45) is 0 Å². The third-order valence-corrected chi connectivity index (χ3v) is 4.35. The number of benzene rings is 2. The fourth-order valence-electron chi connectivity index (χ4n) is 3.09. The Hall–Kier alpha value is -3.48. The SMILES string of the molecule is CCOc1ccccc1[C@H]1NC(=O)NC(C)=C1C(=O)OCCOc1ccccc1. The average Bonchev–Trinajstić information content (AvgIpc) is 2.72. The van der Waals surface area contributed by atoms with Gasteiger partial charge in [-0.3, -0.25) is 0 Å².